The van der Waals surface area contributed by atoms with E-state index in [2.05, 4.69) is 20.4 Å². The lowest BCUT2D eigenvalue weighted by Gasteiger charge is -2.23. The van der Waals surface area contributed by atoms with Crippen LogP contribution in [0.25, 0.3) is 0 Å². The van der Waals surface area contributed by atoms with Gasteiger partial charge in [-0.3, -0.25) is 9.59 Å². The lowest BCUT2D eigenvalue weighted by atomic mass is 9.80. The summed E-state index contributed by atoms with van der Waals surface area (Å²) in [5.41, 5.74) is 0.952. The molecule has 206 valence electrons. The first kappa shape index (κ1) is 26.3. The third-order valence-corrected chi connectivity index (χ3v) is 6.36. The Kier molecular flexibility index (Phi) is 7.26. The predicted molar refractivity (Wildman–Crippen MR) is 126 cm³/mol. The number of carbonyl (C=O) groups excluding carboxylic acids is 1. The van der Waals surface area contributed by atoms with Gasteiger partial charge in [-0.05, 0) is 42.7 Å². The van der Waals surface area contributed by atoms with Gasteiger partial charge in [-0.2, -0.15) is 18.2 Å². The van der Waals surface area contributed by atoms with Crippen molar-refractivity contribution in [2.75, 3.05) is 25.3 Å². The summed E-state index contributed by atoms with van der Waals surface area (Å²) in [7, 11) is 0. The molecule has 3 aromatic rings. The zero-order valence-electron chi connectivity index (χ0n) is 20.4. The highest BCUT2D eigenvalue weighted by atomic mass is 19.4. The number of anilines is 1. The number of carboxylic acids is 1. The van der Waals surface area contributed by atoms with E-state index in [1.54, 1.807) is 0 Å². The average molecular weight is 548 g/mol. The number of hydrogen-bond donors (Lipinski definition) is 2. The molecule has 0 radical (unpaired) electrons. The van der Waals surface area contributed by atoms with Crippen molar-refractivity contribution in [1.29, 1.82) is 0 Å². The van der Waals surface area contributed by atoms with E-state index < -0.39 is 36.2 Å². The molecule has 0 saturated heterocycles. The largest absolute Gasteiger partial charge is 0.488 e. The number of carboxylic acid groups (broad SMARTS) is 1. The molecule has 11 nitrogen and oxygen atoms in total. The summed E-state index contributed by atoms with van der Waals surface area (Å²) >= 11 is 0. The van der Waals surface area contributed by atoms with Crippen LogP contribution in [-0.4, -0.2) is 58.1 Å². The van der Waals surface area contributed by atoms with Gasteiger partial charge in [0.1, 0.15) is 12.5 Å². The van der Waals surface area contributed by atoms with E-state index >= 15 is 0 Å². The van der Waals surface area contributed by atoms with E-state index in [0.717, 1.165) is 5.69 Å². The van der Waals surface area contributed by atoms with E-state index in [1.807, 2.05) is 12.1 Å². The first-order chi connectivity index (χ1) is 18.7. The van der Waals surface area contributed by atoms with E-state index in [9.17, 15) is 27.9 Å². The lowest BCUT2D eigenvalue weighted by Crippen LogP contribution is -2.39. The van der Waals surface area contributed by atoms with Crippen LogP contribution in [0.15, 0.2) is 34.9 Å². The van der Waals surface area contributed by atoms with Gasteiger partial charge in [0.05, 0.1) is 6.54 Å². The van der Waals surface area contributed by atoms with Gasteiger partial charge in [0, 0.05) is 24.5 Å². The van der Waals surface area contributed by atoms with Crippen LogP contribution in [-0.2, 0) is 28.9 Å². The minimum Gasteiger partial charge on any atom is -0.488 e. The number of ether oxygens (including phenoxy) is 3. The topological polar surface area (TPSA) is 146 Å². The monoisotopic (exact) mass is 548 g/mol. The Bertz CT molecular complexity index is 1380. The molecule has 4 heterocycles. The number of nitrogens with one attached hydrogen (secondary N) is 1. The number of rotatable bonds is 10. The van der Waals surface area contributed by atoms with Crippen LogP contribution in [0.4, 0.5) is 19.0 Å². The van der Waals surface area contributed by atoms with Crippen molar-refractivity contribution in [2.24, 2.45) is 5.92 Å². The molecule has 2 aromatic heterocycles. The highest BCUT2D eigenvalue weighted by Crippen LogP contribution is 2.39. The maximum atomic E-state index is 13.3. The molecule has 39 heavy (non-hydrogen) atoms. The van der Waals surface area contributed by atoms with Gasteiger partial charge >= 0.3 is 12.1 Å². The number of aliphatic carboxylic acids is 1. The molecule has 0 amide bonds. The zero-order chi connectivity index (χ0) is 27.6. The third-order valence-electron chi connectivity index (χ3n) is 6.36. The second-order valence-electron chi connectivity index (χ2n) is 8.98. The molecule has 0 aliphatic carbocycles. The zero-order valence-corrected chi connectivity index (χ0v) is 20.4. The Morgan fingerprint density at radius 2 is 1.82 bits per heavy atom. The maximum Gasteiger partial charge on any atom is 0.450 e. The molecular weight excluding hydrogens is 525 g/mol. The number of Topliss-reactive ketones (excluding diaryl/α,β-unsaturated/α-hetero) is 1. The average Bonchev–Trinajstić information content (AvgIpc) is 3.56. The fraction of sp³-hybridized carbons (Fsp3) is 0.400. The summed E-state index contributed by atoms with van der Waals surface area (Å²) in [6.07, 6.45) is -4.19. The lowest BCUT2D eigenvalue weighted by molar-refractivity contribution is -0.180. The van der Waals surface area contributed by atoms with Crippen molar-refractivity contribution in [3.63, 3.8) is 0 Å². The maximum absolute atomic E-state index is 13.3. The quantitative estimate of drug-likeness (QED) is 0.360. The molecule has 2 unspecified atom stereocenters. The highest BCUT2D eigenvalue weighted by molar-refractivity contribution is 6.02. The first-order valence-electron chi connectivity index (χ1n) is 12.1. The van der Waals surface area contributed by atoms with Gasteiger partial charge in [0.15, 0.2) is 28.9 Å². The van der Waals surface area contributed by atoms with Crippen molar-refractivity contribution < 1.29 is 46.6 Å². The number of nitrogens with zero attached hydrogens (tertiary/aromatic N) is 3. The van der Waals surface area contributed by atoms with Crippen LogP contribution in [0, 0.1) is 5.92 Å². The van der Waals surface area contributed by atoms with Gasteiger partial charge in [0.2, 0.25) is 12.7 Å². The predicted octanol–water partition coefficient (Wildman–Crippen LogP) is 3.33. The number of halogens is 3. The van der Waals surface area contributed by atoms with E-state index in [-0.39, 0.29) is 24.0 Å². The van der Waals surface area contributed by atoms with Crippen LogP contribution in [0.5, 0.6) is 17.2 Å². The van der Waals surface area contributed by atoms with Crippen molar-refractivity contribution >= 4 is 17.6 Å². The molecule has 2 atom stereocenters. The van der Waals surface area contributed by atoms with Crippen molar-refractivity contribution in [1.82, 2.24) is 15.1 Å². The number of aryl methyl sites for hydroxylation is 2. The summed E-state index contributed by atoms with van der Waals surface area (Å²) in [5.74, 6) is -6.06. The van der Waals surface area contributed by atoms with Crippen LogP contribution >= 0.6 is 0 Å². The Morgan fingerprint density at radius 3 is 2.62 bits per heavy atom. The van der Waals surface area contributed by atoms with Crippen molar-refractivity contribution in [3.8, 4) is 17.2 Å². The van der Waals surface area contributed by atoms with Crippen molar-refractivity contribution in [3.05, 3.63) is 53.3 Å². The Balaban J connectivity index is 1.31. The van der Waals surface area contributed by atoms with Crippen molar-refractivity contribution in [2.45, 2.75) is 37.8 Å². The number of hydrogen-bond acceptors (Lipinski definition) is 10. The molecule has 0 bridgehead atoms. The summed E-state index contributed by atoms with van der Waals surface area (Å²) in [5, 5.41) is 16.7. The number of ketones is 1. The van der Waals surface area contributed by atoms with E-state index in [4.69, 9.17) is 18.7 Å². The Morgan fingerprint density at radius 1 is 1.03 bits per heavy atom. The molecule has 0 fully saturated rings. The summed E-state index contributed by atoms with van der Waals surface area (Å²) in [4.78, 5) is 32.9. The minimum absolute atomic E-state index is 0.0917. The number of pyridine rings is 1. The fourth-order valence-corrected chi connectivity index (χ4v) is 4.51. The van der Waals surface area contributed by atoms with Gasteiger partial charge in [-0.15, -0.1) is 0 Å². The summed E-state index contributed by atoms with van der Waals surface area (Å²) < 4.78 is 61.3. The van der Waals surface area contributed by atoms with Gasteiger partial charge in [0.25, 0.3) is 5.78 Å². The normalized spacial score (nSPS) is 15.6. The van der Waals surface area contributed by atoms with Crippen LogP contribution in [0.3, 0.4) is 0 Å². The van der Waals surface area contributed by atoms with Gasteiger partial charge in [-0.25, -0.2) is 4.98 Å². The van der Waals surface area contributed by atoms with Gasteiger partial charge in [-0.1, -0.05) is 11.2 Å². The number of alkyl halides is 3. The van der Waals surface area contributed by atoms with E-state index in [0.29, 0.717) is 55.6 Å². The smallest absolute Gasteiger partial charge is 0.450 e. The molecule has 0 saturated carbocycles. The molecule has 2 N–H and O–H groups in total. The van der Waals surface area contributed by atoms with E-state index in [1.165, 1.54) is 18.2 Å². The molecule has 14 heteroatoms. The molecular formula is C25H23F3N4O7. The summed E-state index contributed by atoms with van der Waals surface area (Å²) in [6, 6.07) is 7.88. The second kappa shape index (κ2) is 10.8. The third kappa shape index (κ3) is 5.89. The Hall–Kier alpha value is -4.36. The first-order valence-corrected chi connectivity index (χ1v) is 12.1. The standard InChI is InChI=1S/C25H23F3N4O7/c26-25(27,28)22(33)21(24(34)35)15(13-4-6-16-18(10-13)38-12-37-16)11-20-31-19(32-39-20)3-1-2-14-5-7-17-23(30-14)29-8-9-36-17/h4-7,10,15,21H,1-3,8-9,11-12H2,(H,29,30)(H,34,35). The fourth-order valence-electron chi connectivity index (χ4n) is 4.51. The minimum atomic E-state index is -5.36. The number of benzene rings is 1. The number of carbonyl (C=O) groups is 2. The Labute approximate surface area is 219 Å². The van der Waals surface area contributed by atoms with Crippen LogP contribution < -0.4 is 19.5 Å². The second-order valence-corrected chi connectivity index (χ2v) is 8.98. The van der Waals surface area contributed by atoms with Crippen LogP contribution in [0.2, 0.25) is 0 Å². The molecule has 2 aliphatic rings. The van der Waals surface area contributed by atoms with Gasteiger partial charge < -0.3 is 29.2 Å². The molecule has 5 rings (SSSR count). The number of aromatic nitrogens is 3. The SMILES string of the molecule is O=C(O)C(C(=O)C(F)(F)F)C(Cc1nc(CCCc2ccc3c(n2)NCCO3)no1)c1ccc2c(c1)OCO2. The molecule has 1 aromatic carbocycles. The van der Waals surface area contributed by atoms with Crippen LogP contribution in [0.1, 0.15) is 35.3 Å². The number of fused-ring (bicyclic) bond motifs is 2. The highest BCUT2D eigenvalue weighted by Gasteiger charge is 2.50. The molecule has 2 aliphatic heterocycles. The molecule has 0 spiro atoms. The summed E-state index contributed by atoms with van der Waals surface area (Å²) in [6.45, 7) is 1.15.